The molecular formula is C27H35F. The fourth-order valence-electron chi connectivity index (χ4n) is 3.65. The molecule has 0 N–H and O–H groups in total. The summed E-state index contributed by atoms with van der Waals surface area (Å²) in [6.07, 6.45) is 10.6. The SMILES string of the molecule is CCCCc1ccc(C#Cc2ccc(CCCC(CC)CCC)cc2F)cc1. The van der Waals surface area contributed by atoms with Gasteiger partial charge in [0.1, 0.15) is 5.82 Å². The summed E-state index contributed by atoms with van der Waals surface area (Å²) in [4.78, 5) is 0. The van der Waals surface area contributed by atoms with Crippen LogP contribution in [0, 0.1) is 23.6 Å². The standard InChI is InChI=1S/C27H35F/c1-4-7-10-23-13-15-24(16-14-23)17-19-26-20-18-25(21-27(26)28)12-8-11-22(6-3)9-5-2/h13-16,18,20-22H,4-12H2,1-3H3. The van der Waals surface area contributed by atoms with Gasteiger partial charge in [0.25, 0.3) is 0 Å². The number of rotatable bonds is 10. The van der Waals surface area contributed by atoms with Gasteiger partial charge in [-0.3, -0.25) is 0 Å². The molecule has 1 atom stereocenters. The van der Waals surface area contributed by atoms with Crippen LogP contribution in [0.15, 0.2) is 42.5 Å². The maximum atomic E-state index is 14.4. The number of halogens is 1. The Bertz CT molecular complexity index is 761. The van der Waals surface area contributed by atoms with Crippen molar-refractivity contribution in [3.05, 3.63) is 70.5 Å². The molecule has 0 nitrogen and oxygen atoms in total. The predicted molar refractivity (Wildman–Crippen MR) is 119 cm³/mol. The molecule has 1 unspecified atom stereocenters. The first-order valence-corrected chi connectivity index (χ1v) is 11.1. The van der Waals surface area contributed by atoms with Gasteiger partial charge in [-0.05, 0) is 67.0 Å². The minimum absolute atomic E-state index is 0.204. The molecule has 0 radical (unpaired) electrons. The Kier molecular flexibility index (Phi) is 9.84. The smallest absolute Gasteiger partial charge is 0.139 e. The van der Waals surface area contributed by atoms with E-state index in [-0.39, 0.29) is 5.82 Å². The van der Waals surface area contributed by atoms with Crippen LogP contribution in [0.1, 0.15) is 88.0 Å². The predicted octanol–water partition coefficient (Wildman–Crippen LogP) is 7.72. The third kappa shape index (κ3) is 7.51. The second-order valence-corrected chi connectivity index (χ2v) is 7.82. The highest BCUT2D eigenvalue weighted by atomic mass is 19.1. The topological polar surface area (TPSA) is 0 Å². The fourth-order valence-corrected chi connectivity index (χ4v) is 3.65. The van der Waals surface area contributed by atoms with Crippen LogP contribution in [0.4, 0.5) is 4.39 Å². The lowest BCUT2D eigenvalue weighted by atomic mass is 9.93. The van der Waals surface area contributed by atoms with Crippen molar-refractivity contribution in [1.82, 2.24) is 0 Å². The summed E-state index contributed by atoms with van der Waals surface area (Å²) in [5.41, 5.74) is 3.84. The third-order valence-electron chi connectivity index (χ3n) is 5.50. The summed E-state index contributed by atoms with van der Waals surface area (Å²) in [5.74, 6) is 6.70. The van der Waals surface area contributed by atoms with E-state index in [4.69, 9.17) is 0 Å². The van der Waals surface area contributed by atoms with E-state index in [0.717, 1.165) is 36.3 Å². The molecule has 0 heterocycles. The first-order chi connectivity index (χ1) is 13.7. The Morgan fingerprint density at radius 2 is 1.50 bits per heavy atom. The molecule has 28 heavy (non-hydrogen) atoms. The van der Waals surface area contributed by atoms with Crippen molar-refractivity contribution in [2.24, 2.45) is 5.92 Å². The summed E-state index contributed by atoms with van der Waals surface area (Å²) < 4.78 is 14.4. The molecule has 2 aromatic carbocycles. The minimum atomic E-state index is -0.204. The summed E-state index contributed by atoms with van der Waals surface area (Å²) in [6, 6.07) is 13.8. The Labute approximate surface area is 171 Å². The molecule has 0 saturated carbocycles. The first kappa shape index (κ1) is 22.2. The summed E-state index contributed by atoms with van der Waals surface area (Å²) in [7, 11) is 0. The highest BCUT2D eigenvalue weighted by Crippen LogP contribution is 2.19. The first-order valence-electron chi connectivity index (χ1n) is 11.1. The number of unbranched alkanes of at least 4 members (excludes halogenated alkanes) is 1. The molecule has 0 saturated heterocycles. The van der Waals surface area contributed by atoms with Crippen LogP contribution in [0.25, 0.3) is 0 Å². The fraction of sp³-hybridized carbons (Fsp3) is 0.481. The molecule has 0 amide bonds. The summed E-state index contributed by atoms with van der Waals surface area (Å²) >= 11 is 0. The Morgan fingerprint density at radius 3 is 2.14 bits per heavy atom. The number of benzene rings is 2. The molecule has 0 aliphatic rings. The molecule has 0 aliphatic heterocycles. The second kappa shape index (κ2) is 12.4. The van der Waals surface area contributed by atoms with Gasteiger partial charge >= 0.3 is 0 Å². The zero-order chi connectivity index (χ0) is 20.2. The lowest BCUT2D eigenvalue weighted by Gasteiger charge is -2.13. The molecule has 0 spiro atoms. The lowest BCUT2D eigenvalue weighted by molar-refractivity contribution is 0.419. The van der Waals surface area contributed by atoms with Gasteiger partial charge in [0.2, 0.25) is 0 Å². The molecule has 150 valence electrons. The van der Waals surface area contributed by atoms with Crippen molar-refractivity contribution >= 4 is 0 Å². The van der Waals surface area contributed by atoms with Gasteiger partial charge < -0.3 is 0 Å². The number of aryl methyl sites for hydroxylation is 2. The molecule has 1 heteroatoms. The quantitative estimate of drug-likeness (QED) is 0.371. The molecule has 2 rings (SSSR count). The Morgan fingerprint density at radius 1 is 0.786 bits per heavy atom. The van der Waals surface area contributed by atoms with E-state index < -0.39 is 0 Å². The molecule has 0 bridgehead atoms. The van der Waals surface area contributed by atoms with E-state index >= 15 is 0 Å². The van der Waals surface area contributed by atoms with Gasteiger partial charge in [0, 0.05) is 5.56 Å². The summed E-state index contributed by atoms with van der Waals surface area (Å²) in [5, 5.41) is 0. The van der Waals surface area contributed by atoms with Crippen LogP contribution in [-0.4, -0.2) is 0 Å². The monoisotopic (exact) mass is 378 g/mol. The highest BCUT2D eigenvalue weighted by Gasteiger charge is 2.06. The minimum Gasteiger partial charge on any atom is -0.206 e. The van der Waals surface area contributed by atoms with Crippen molar-refractivity contribution < 1.29 is 4.39 Å². The third-order valence-corrected chi connectivity index (χ3v) is 5.50. The molecule has 0 aromatic heterocycles. The van der Waals surface area contributed by atoms with Gasteiger partial charge in [-0.2, -0.15) is 0 Å². The van der Waals surface area contributed by atoms with E-state index in [1.807, 2.05) is 24.3 Å². The van der Waals surface area contributed by atoms with Crippen molar-refractivity contribution in [3.8, 4) is 11.8 Å². The average Bonchev–Trinajstić information content (AvgIpc) is 2.71. The van der Waals surface area contributed by atoms with Crippen LogP contribution < -0.4 is 0 Å². The van der Waals surface area contributed by atoms with E-state index in [9.17, 15) is 4.39 Å². The average molecular weight is 379 g/mol. The van der Waals surface area contributed by atoms with Crippen molar-refractivity contribution in [3.63, 3.8) is 0 Å². The normalized spacial score (nSPS) is 11.7. The maximum Gasteiger partial charge on any atom is 0.139 e. The zero-order valence-electron chi connectivity index (χ0n) is 17.9. The van der Waals surface area contributed by atoms with Crippen LogP contribution in [0.5, 0.6) is 0 Å². The van der Waals surface area contributed by atoms with Crippen LogP contribution >= 0.6 is 0 Å². The molecular weight excluding hydrogens is 343 g/mol. The van der Waals surface area contributed by atoms with E-state index in [1.165, 1.54) is 44.1 Å². The largest absolute Gasteiger partial charge is 0.206 e. The Balaban J connectivity index is 1.93. The van der Waals surface area contributed by atoms with Crippen molar-refractivity contribution in [2.45, 2.75) is 78.6 Å². The second-order valence-electron chi connectivity index (χ2n) is 7.82. The Hall–Kier alpha value is -2.07. The van der Waals surface area contributed by atoms with Crippen molar-refractivity contribution in [1.29, 1.82) is 0 Å². The van der Waals surface area contributed by atoms with Gasteiger partial charge in [-0.25, -0.2) is 4.39 Å². The van der Waals surface area contributed by atoms with Gasteiger partial charge in [0.05, 0.1) is 5.56 Å². The number of hydrogen-bond acceptors (Lipinski definition) is 0. The highest BCUT2D eigenvalue weighted by molar-refractivity contribution is 5.44. The van der Waals surface area contributed by atoms with Crippen molar-refractivity contribution in [2.75, 3.05) is 0 Å². The van der Waals surface area contributed by atoms with Gasteiger partial charge in [-0.1, -0.05) is 82.9 Å². The summed E-state index contributed by atoms with van der Waals surface area (Å²) in [6.45, 7) is 6.72. The van der Waals surface area contributed by atoms with Crippen LogP contribution in [-0.2, 0) is 12.8 Å². The lowest BCUT2D eigenvalue weighted by Crippen LogP contribution is -1.99. The van der Waals surface area contributed by atoms with Gasteiger partial charge in [-0.15, -0.1) is 0 Å². The maximum absolute atomic E-state index is 14.4. The number of hydrogen-bond donors (Lipinski definition) is 0. The van der Waals surface area contributed by atoms with Crippen LogP contribution in [0.3, 0.4) is 0 Å². The molecule has 2 aromatic rings. The van der Waals surface area contributed by atoms with Crippen LogP contribution in [0.2, 0.25) is 0 Å². The van der Waals surface area contributed by atoms with Gasteiger partial charge in [0.15, 0.2) is 0 Å². The zero-order valence-corrected chi connectivity index (χ0v) is 17.9. The molecule has 0 aliphatic carbocycles. The van der Waals surface area contributed by atoms with E-state index in [0.29, 0.717) is 5.56 Å². The van der Waals surface area contributed by atoms with E-state index in [2.05, 4.69) is 44.7 Å². The molecule has 0 fully saturated rings. The van der Waals surface area contributed by atoms with E-state index in [1.54, 1.807) is 6.07 Å².